The lowest BCUT2D eigenvalue weighted by atomic mass is 10.3. The summed E-state index contributed by atoms with van der Waals surface area (Å²) in [4.78, 5) is 15.0. The van der Waals surface area contributed by atoms with Crippen molar-refractivity contribution in [1.29, 1.82) is 0 Å². The van der Waals surface area contributed by atoms with E-state index in [9.17, 15) is 9.18 Å². The summed E-state index contributed by atoms with van der Waals surface area (Å²) in [7, 11) is -0.419. The van der Waals surface area contributed by atoms with E-state index in [0.29, 0.717) is 0 Å². The van der Waals surface area contributed by atoms with E-state index in [2.05, 4.69) is 24.3 Å². The van der Waals surface area contributed by atoms with Crippen LogP contribution in [0.3, 0.4) is 0 Å². The number of rotatable bonds is 5. The topological polar surface area (TPSA) is 26.3 Å². The second kappa shape index (κ2) is 8.68. The molecule has 0 amide bonds. The molecule has 0 heterocycles. The highest BCUT2D eigenvalue weighted by molar-refractivity contribution is 14.1. The molecule has 0 saturated heterocycles. The fourth-order valence-corrected chi connectivity index (χ4v) is 4.63. The smallest absolute Gasteiger partial charge is 0.324 e. The van der Waals surface area contributed by atoms with Gasteiger partial charge >= 0.3 is 5.97 Å². The van der Waals surface area contributed by atoms with E-state index < -0.39 is 22.7 Å². The van der Waals surface area contributed by atoms with Crippen LogP contribution in [0.1, 0.15) is 6.92 Å². The van der Waals surface area contributed by atoms with Crippen LogP contribution in [0.15, 0.2) is 93.5 Å². The van der Waals surface area contributed by atoms with Crippen molar-refractivity contribution in [3.63, 3.8) is 0 Å². The van der Waals surface area contributed by atoms with Gasteiger partial charge in [0.05, 0.1) is 10.9 Å². The highest BCUT2D eigenvalue weighted by Crippen LogP contribution is 2.33. The standard InChI is InChI=1S/C21H17FIO2S/c1-15(23)21(24)25-20-14-18(12-13-19(20)22)26(16-8-4-2-5-9-16)17-10-6-3-7-11-17/h2-15H,1H3/q+1. The Labute approximate surface area is 168 Å². The van der Waals surface area contributed by atoms with Gasteiger partial charge in [0.1, 0.15) is 3.92 Å². The Kier molecular flexibility index (Phi) is 6.32. The minimum atomic E-state index is -0.538. The Balaban J connectivity index is 2.06. The predicted octanol–water partition coefficient (Wildman–Crippen LogP) is 5.65. The zero-order valence-corrected chi connectivity index (χ0v) is 17.0. The van der Waals surface area contributed by atoms with Crippen LogP contribution in [0.4, 0.5) is 4.39 Å². The van der Waals surface area contributed by atoms with Crippen LogP contribution in [0.25, 0.3) is 0 Å². The molecular formula is C21H17FIO2S+. The molecule has 26 heavy (non-hydrogen) atoms. The summed E-state index contributed by atoms with van der Waals surface area (Å²) < 4.78 is 19.1. The van der Waals surface area contributed by atoms with Gasteiger partial charge in [-0.15, -0.1) is 0 Å². The van der Waals surface area contributed by atoms with Crippen molar-refractivity contribution in [2.75, 3.05) is 0 Å². The number of carbonyl (C=O) groups excluding carboxylic acids is 1. The number of ether oxygens (including phenoxy) is 1. The molecule has 0 aliphatic rings. The first-order valence-corrected chi connectivity index (χ1v) is 10.5. The highest BCUT2D eigenvalue weighted by atomic mass is 127. The molecule has 0 bridgehead atoms. The summed E-state index contributed by atoms with van der Waals surface area (Å²) in [5, 5.41) is 0. The predicted molar refractivity (Wildman–Crippen MR) is 111 cm³/mol. The first-order valence-electron chi connectivity index (χ1n) is 8.06. The fraction of sp³-hybridized carbons (Fsp3) is 0.0952. The van der Waals surface area contributed by atoms with Gasteiger partial charge in [-0.05, 0) is 43.3 Å². The zero-order chi connectivity index (χ0) is 18.5. The summed E-state index contributed by atoms with van der Waals surface area (Å²) >= 11 is 1.95. The Morgan fingerprint density at radius 1 is 0.923 bits per heavy atom. The average Bonchev–Trinajstić information content (AvgIpc) is 2.66. The maximum Gasteiger partial charge on any atom is 0.324 e. The van der Waals surface area contributed by atoms with Crippen LogP contribution >= 0.6 is 22.6 Å². The third kappa shape index (κ3) is 4.45. The Bertz CT molecular complexity index is 846. The molecular weight excluding hydrogens is 462 g/mol. The van der Waals surface area contributed by atoms with Crippen molar-refractivity contribution in [1.82, 2.24) is 0 Å². The van der Waals surface area contributed by atoms with Crippen molar-refractivity contribution in [3.05, 3.63) is 84.7 Å². The van der Waals surface area contributed by atoms with Crippen molar-refractivity contribution < 1.29 is 13.9 Å². The maximum absolute atomic E-state index is 14.2. The van der Waals surface area contributed by atoms with E-state index in [1.165, 1.54) is 6.07 Å². The summed E-state index contributed by atoms with van der Waals surface area (Å²) in [5.41, 5.74) is 0. The van der Waals surface area contributed by atoms with Crippen molar-refractivity contribution in [2.45, 2.75) is 25.5 Å². The molecule has 0 spiro atoms. The molecule has 0 radical (unpaired) electrons. The van der Waals surface area contributed by atoms with Crippen molar-refractivity contribution in [2.24, 2.45) is 0 Å². The molecule has 3 rings (SSSR count). The van der Waals surface area contributed by atoms with Gasteiger partial charge in [0, 0.05) is 6.07 Å². The number of esters is 1. The molecule has 0 fully saturated rings. The van der Waals surface area contributed by atoms with Gasteiger partial charge in [-0.2, -0.15) is 0 Å². The number of alkyl halides is 1. The molecule has 2 nitrogen and oxygen atoms in total. The number of halogens is 2. The Morgan fingerprint density at radius 3 is 1.96 bits per heavy atom. The van der Waals surface area contributed by atoms with Crippen LogP contribution in [-0.4, -0.2) is 9.89 Å². The summed E-state index contributed by atoms with van der Waals surface area (Å²) in [6.07, 6.45) is 0. The fourth-order valence-electron chi connectivity index (χ4n) is 2.40. The van der Waals surface area contributed by atoms with E-state index in [0.717, 1.165) is 14.7 Å². The monoisotopic (exact) mass is 479 g/mol. The Hall–Kier alpha value is -1.86. The third-order valence-corrected chi connectivity index (χ3v) is 6.35. The SMILES string of the molecule is CC(I)C(=O)Oc1cc([S+](c2ccccc2)c2ccccc2)ccc1F. The second-order valence-corrected chi connectivity index (χ2v) is 9.46. The van der Waals surface area contributed by atoms with Gasteiger partial charge in [0.25, 0.3) is 0 Å². The van der Waals surface area contributed by atoms with Gasteiger partial charge in [-0.1, -0.05) is 59.0 Å². The molecule has 3 aromatic carbocycles. The molecule has 5 heteroatoms. The largest absolute Gasteiger partial charge is 0.422 e. The number of hydrogen-bond acceptors (Lipinski definition) is 2. The third-order valence-electron chi connectivity index (χ3n) is 3.63. The molecule has 1 atom stereocenters. The van der Waals surface area contributed by atoms with Crippen LogP contribution in [0, 0.1) is 5.82 Å². The zero-order valence-electron chi connectivity index (χ0n) is 14.1. The minimum absolute atomic E-state index is 0.0274. The van der Waals surface area contributed by atoms with Gasteiger partial charge in [-0.3, -0.25) is 4.79 Å². The second-order valence-electron chi connectivity index (χ2n) is 5.56. The van der Waals surface area contributed by atoms with Gasteiger partial charge in [0.15, 0.2) is 26.3 Å². The van der Waals surface area contributed by atoms with Gasteiger partial charge < -0.3 is 4.74 Å². The van der Waals surface area contributed by atoms with E-state index in [4.69, 9.17) is 4.74 Å². The first kappa shape index (κ1) is 18.9. The number of hydrogen-bond donors (Lipinski definition) is 0. The lowest BCUT2D eigenvalue weighted by Crippen LogP contribution is -2.18. The lowest BCUT2D eigenvalue weighted by Gasteiger charge is -2.11. The van der Waals surface area contributed by atoms with E-state index >= 15 is 0 Å². The average molecular weight is 479 g/mol. The van der Waals surface area contributed by atoms with Crippen LogP contribution < -0.4 is 4.74 Å². The molecule has 0 saturated carbocycles. The number of carbonyl (C=O) groups is 1. The van der Waals surface area contributed by atoms with Crippen molar-refractivity contribution >= 4 is 39.5 Å². The highest BCUT2D eigenvalue weighted by Gasteiger charge is 2.30. The number of benzene rings is 3. The van der Waals surface area contributed by atoms with E-state index in [-0.39, 0.29) is 9.67 Å². The summed E-state index contributed by atoms with van der Waals surface area (Å²) in [6, 6.07) is 24.8. The van der Waals surface area contributed by atoms with Crippen LogP contribution in [0.5, 0.6) is 5.75 Å². The Morgan fingerprint density at radius 2 is 1.46 bits per heavy atom. The summed E-state index contributed by atoms with van der Waals surface area (Å²) in [5.74, 6) is -1.02. The first-order chi connectivity index (χ1) is 12.6. The van der Waals surface area contributed by atoms with Crippen LogP contribution in [0.2, 0.25) is 0 Å². The lowest BCUT2D eigenvalue weighted by molar-refractivity contribution is -0.133. The van der Waals surface area contributed by atoms with Crippen LogP contribution in [-0.2, 0) is 15.7 Å². The molecule has 0 aliphatic heterocycles. The summed E-state index contributed by atoms with van der Waals surface area (Å²) in [6.45, 7) is 1.71. The molecule has 0 aliphatic carbocycles. The van der Waals surface area contributed by atoms with Crippen molar-refractivity contribution in [3.8, 4) is 5.75 Å². The van der Waals surface area contributed by atoms with Gasteiger partial charge in [0.2, 0.25) is 0 Å². The van der Waals surface area contributed by atoms with Gasteiger partial charge in [-0.25, -0.2) is 4.39 Å². The minimum Gasteiger partial charge on any atom is -0.422 e. The molecule has 1 unspecified atom stereocenters. The molecule has 0 N–H and O–H groups in total. The molecule has 132 valence electrons. The van der Waals surface area contributed by atoms with E-state index in [1.54, 1.807) is 19.1 Å². The van der Waals surface area contributed by atoms with E-state index in [1.807, 2.05) is 59.0 Å². The normalized spacial score (nSPS) is 12.0. The quantitative estimate of drug-likeness (QED) is 0.156. The maximum atomic E-state index is 14.2. The molecule has 3 aromatic rings. The molecule has 0 aromatic heterocycles.